The molecule has 0 unspecified atom stereocenters. The van der Waals surface area contributed by atoms with Gasteiger partial charge in [-0.1, -0.05) is 23.7 Å². The number of rotatable bonds is 3. The monoisotopic (exact) mass is 353 g/mol. The predicted octanol–water partition coefficient (Wildman–Crippen LogP) is 4.21. The Morgan fingerprint density at radius 1 is 1.12 bits per heavy atom. The van der Waals surface area contributed by atoms with E-state index in [4.69, 9.17) is 11.6 Å². The summed E-state index contributed by atoms with van der Waals surface area (Å²) in [6.07, 6.45) is -4.38. The molecule has 2 N–H and O–H groups in total. The molecule has 0 aliphatic carbocycles. The maximum absolute atomic E-state index is 12.7. The van der Waals surface area contributed by atoms with Gasteiger partial charge in [0.05, 0.1) is 10.9 Å². The average molecular weight is 354 g/mol. The quantitative estimate of drug-likeness (QED) is 0.741. The molecule has 0 aliphatic heterocycles. The maximum Gasteiger partial charge on any atom is 0.416 e. The van der Waals surface area contributed by atoms with Crippen LogP contribution in [0.5, 0.6) is 0 Å². The van der Waals surface area contributed by atoms with Crippen molar-refractivity contribution in [3.8, 4) is 0 Å². The molecule has 24 heavy (non-hydrogen) atoms. The van der Waals surface area contributed by atoms with Gasteiger partial charge >= 0.3 is 6.18 Å². The van der Waals surface area contributed by atoms with Gasteiger partial charge in [-0.2, -0.15) is 18.3 Å². The van der Waals surface area contributed by atoms with Gasteiger partial charge in [-0.3, -0.25) is 4.79 Å². The van der Waals surface area contributed by atoms with E-state index in [2.05, 4.69) is 15.5 Å². The molecule has 3 aromatic rings. The number of nitrogens with zero attached hydrogens (tertiary/aromatic N) is 1. The third-order valence-electron chi connectivity index (χ3n) is 3.49. The Morgan fingerprint density at radius 2 is 1.92 bits per heavy atom. The molecular weight excluding hydrogens is 343 g/mol. The molecule has 4 nitrogen and oxygen atoms in total. The van der Waals surface area contributed by atoms with Gasteiger partial charge in [-0.15, -0.1) is 0 Å². The fourth-order valence-corrected chi connectivity index (χ4v) is 2.50. The van der Waals surface area contributed by atoms with Crippen molar-refractivity contribution in [2.45, 2.75) is 12.7 Å². The summed E-state index contributed by atoms with van der Waals surface area (Å²) in [6.45, 7) is 0.198. The largest absolute Gasteiger partial charge is 0.416 e. The second kappa shape index (κ2) is 6.16. The molecule has 1 heterocycles. The number of halogens is 4. The molecule has 0 saturated carbocycles. The fourth-order valence-electron chi connectivity index (χ4n) is 2.30. The molecular formula is C16H11ClF3N3O. The Morgan fingerprint density at radius 3 is 2.67 bits per heavy atom. The van der Waals surface area contributed by atoms with Gasteiger partial charge in [-0.25, -0.2) is 5.10 Å². The van der Waals surface area contributed by atoms with Crippen LogP contribution in [-0.4, -0.2) is 10.2 Å². The lowest BCUT2D eigenvalue weighted by Crippen LogP contribution is -2.09. The SMILES string of the molecule is O=c1[nH]nc(Cl)c2cc(NCc3cccc(C(F)(F)F)c3)ccc12. The van der Waals surface area contributed by atoms with Gasteiger partial charge in [0.1, 0.15) is 0 Å². The molecule has 0 saturated heterocycles. The number of hydrogen-bond acceptors (Lipinski definition) is 3. The highest BCUT2D eigenvalue weighted by molar-refractivity contribution is 6.34. The van der Waals surface area contributed by atoms with E-state index in [0.717, 1.165) is 12.1 Å². The van der Waals surface area contributed by atoms with Crippen molar-refractivity contribution in [1.82, 2.24) is 10.2 Å². The molecule has 8 heteroatoms. The van der Waals surface area contributed by atoms with Gasteiger partial charge in [0.2, 0.25) is 0 Å². The van der Waals surface area contributed by atoms with Crippen LogP contribution in [0, 0.1) is 0 Å². The van der Waals surface area contributed by atoms with Crippen LogP contribution >= 0.6 is 11.6 Å². The first-order valence-corrected chi connectivity index (χ1v) is 7.30. The minimum Gasteiger partial charge on any atom is -0.381 e. The molecule has 2 aromatic carbocycles. The van der Waals surface area contributed by atoms with E-state index in [9.17, 15) is 18.0 Å². The summed E-state index contributed by atoms with van der Waals surface area (Å²) in [7, 11) is 0. The molecule has 0 aliphatic rings. The van der Waals surface area contributed by atoms with Gasteiger partial charge in [0, 0.05) is 17.6 Å². The predicted molar refractivity (Wildman–Crippen MR) is 86.1 cm³/mol. The Balaban J connectivity index is 1.84. The number of aromatic amines is 1. The lowest BCUT2D eigenvalue weighted by atomic mass is 10.1. The second-order valence-electron chi connectivity index (χ2n) is 5.16. The summed E-state index contributed by atoms with van der Waals surface area (Å²) >= 11 is 5.96. The van der Waals surface area contributed by atoms with Crippen molar-refractivity contribution >= 4 is 28.1 Å². The smallest absolute Gasteiger partial charge is 0.381 e. The summed E-state index contributed by atoms with van der Waals surface area (Å²) in [5, 5.41) is 9.97. The van der Waals surface area contributed by atoms with E-state index in [1.54, 1.807) is 24.3 Å². The van der Waals surface area contributed by atoms with Crippen molar-refractivity contribution < 1.29 is 13.2 Å². The lowest BCUT2D eigenvalue weighted by Gasteiger charge is -2.11. The first-order valence-electron chi connectivity index (χ1n) is 6.92. The van der Waals surface area contributed by atoms with Crippen molar-refractivity contribution in [2.24, 2.45) is 0 Å². The summed E-state index contributed by atoms with van der Waals surface area (Å²) < 4.78 is 38.1. The second-order valence-corrected chi connectivity index (χ2v) is 5.51. The van der Waals surface area contributed by atoms with Crippen LogP contribution in [0.4, 0.5) is 18.9 Å². The first kappa shape index (κ1) is 16.3. The summed E-state index contributed by atoms with van der Waals surface area (Å²) in [4.78, 5) is 11.6. The first-order chi connectivity index (χ1) is 11.3. The Labute approximate surface area is 139 Å². The van der Waals surface area contributed by atoms with E-state index in [-0.39, 0.29) is 17.3 Å². The molecule has 124 valence electrons. The standard InChI is InChI=1S/C16H11ClF3N3O/c17-14-13-7-11(4-5-12(13)15(24)23-22-14)21-8-9-2-1-3-10(6-9)16(18,19)20/h1-7,21H,8H2,(H,23,24). The van der Waals surface area contributed by atoms with E-state index in [1.807, 2.05) is 0 Å². The third kappa shape index (κ3) is 3.35. The van der Waals surface area contributed by atoms with E-state index in [1.165, 1.54) is 6.07 Å². The molecule has 0 radical (unpaired) electrons. The number of anilines is 1. The number of aromatic nitrogens is 2. The topological polar surface area (TPSA) is 57.8 Å². The zero-order valence-corrected chi connectivity index (χ0v) is 12.9. The highest BCUT2D eigenvalue weighted by atomic mass is 35.5. The minimum absolute atomic E-state index is 0.146. The normalized spacial score (nSPS) is 11.7. The number of fused-ring (bicyclic) bond motifs is 1. The molecule has 0 spiro atoms. The van der Waals surface area contributed by atoms with Crippen LogP contribution in [0.1, 0.15) is 11.1 Å². The number of H-pyrrole nitrogens is 1. The van der Waals surface area contributed by atoms with Crippen molar-refractivity contribution in [3.05, 3.63) is 69.1 Å². The number of hydrogen-bond donors (Lipinski definition) is 2. The van der Waals surface area contributed by atoms with Crippen LogP contribution in [0.3, 0.4) is 0 Å². The van der Waals surface area contributed by atoms with Crippen LogP contribution < -0.4 is 10.9 Å². The van der Waals surface area contributed by atoms with Crippen molar-refractivity contribution in [2.75, 3.05) is 5.32 Å². The summed E-state index contributed by atoms with van der Waals surface area (Å²) in [5.74, 6) is 0. The average Bonchev–Trinajstić information content (AvgIpc) is 2.56. The number of benzene rings is 2. The molecule has 0 bridgehead atoms. The van der Waals surface area contributed by atoms with Gasteiger partial charge in [0.15, 0.2) is 5.15 Å². The van der Waals surface area contributed by atoms with Gasteiger partial charge < -0.3 is 5.32 Å². The Kier molecular flexibility index (Phi) is 4.19. The fraction of sp³-hybridized carbons (Fsp3) is 0.125. The zero-order chi connectivity index (χ0) is 17.3. The van der Waals surface area contributed by atoms with Crippen molar-refractivity contribution in [3.63, 3.8) is 0 Å². The summed E-state index contributed by atoms with van der Waals surface area (Å²) in [5.41, 5.74) is 0.0483. The number of alkyl halides is 3. The Hall–Kier alpha value is -2.54. The maximum atomic E-state index is 12.7. The summed E-state index contributed by atoms with van der Waals surface area (Å²) in [6, 6.07) is 9.94. The Bertz CT molecular complexity index is 953. The van der Waals surface area contributed by atoms with E-state index < -0.39 is 11.7 Å². The highest BCUT2D eigenvalue weighted by Gasteiger charge is 2.30. The highest BCUT2D eigenvalue weighted by Crippen LogP contribution is 2.29. The minimum atomic E-state index is -4.38. The van der Waals surface area contributed by atoms with E-state index >= 15 is 0 Å². The molecule has 3 rings (SSSR count). The van der Waals surface area contributed by atoms with Crippen LogP contribution in [-0.2, 0) is 12.7 Å². The van der Waals surface area contributed by atoms with Crippen LogP contribution in [0.15, 0.2) is 47.3 Å². The van der Waals surface area contributed by atoms with Gasteiger partial charge in [-0.05, 0) is 35.9 Å². The lowest BCUT2D eigenvalue weighted by molar-refractivity contribution is -0.137. The molecule has 1 aromatic heterocycles. The van der Waals surface area contributed by atoms with Crippen LogP contribution in [0.25, 0.3) is 10.8 Å². The zero-order valence-electron chi connectivity index (χ0n) is 12.1. The molecule has 0 fully saturated rings. The van der Waals surface area contributed by atoms with E-state index in [0.29, 0.717) is 22.0 Å². The molecule has 0 atom stereocenters. The number of nitrogens with one attached hydrogen (secondary N) is 2. The van der Waals surface area contributed by atoms with Crippen LogP contribution in [0.2, 0.25) is 5.15 Å². The van der Waals surface area contributed by atoms with Crippen molar-refractivity contribution in [1.29, 1.82) is 0 Å². The third-order valence-corrected chi connectivity index (χ3v) is 3.78. The van der Waals surface area contributed by atoms with Gasteiger partial charge in [0.25, 0.3) is 5.56 Å². The molecule has 0 amide bonds.